The van der Waals surface area contributed by atoms with Crippen LogP contribution in [0.4, 0.5) is 10.1 Å². The van der Waals surface area contributed by atoms with Crippen molar-refractivity contribution >= 4 is 17.4 Å². The first kappa shape index (κ1) is 26.0. The second-order valence-corrected chi connectivity index (χ2v) is 9.69. The lowest BCUT2D eigenvalue weighted by Gasteiger charge is -2.25. The largest absolute Gasteiger partial charge is 0.497 e. The Bertz CT molecular complexity index is 1520. The summed E-state index contributed by atoms with van der Waals surface area (Å²) in [5, 5.41) is 16.1. The minimum Gasteiger partial charge on any atom is -0.497 e. The van der Waals surface area contributed by atoms with Gasteiger partial charge >= 0.3 is 5.97 Å². The standard InChI is InChI=1S/C31H29FN4O3/c1-19-15-23(26-17-25(39-3)11-12-27(26)32)8-7-22(19)16-21-5-9-24(10-6-21)36-28(18-29(37)38)20(2)30(35-36)31-33-13-4-14-34-31/h4-15,17,20,28H,16,18H2,1-3H3,(H,37,38). The number of ether oxygens (including phenoxy) is 1. The second-order valence-electron chi connectivity index (χ2n) is 9.69. The van der Waals surface area contributed by atoms with E-state index in [1.807, 2.05) is 56.3 Å². The molecule has 1 aliphatic rings. The fourth-order valence-corrected chi connectivity index (χ4v) is 4.95. The first-order valence-electron chi connectivity index (χ1n) is 12.7. The first-order chi connectivity index (χ1) is 18.8. The smallest absolute Gasteiger partial charge is 0.305 e. The van der Waals surface area contributed by atoms with E-state index in [2.05, 4.69) is 9.97 Å². The summed E-state index contributed by atoms with van der Waals surface area (Å²) >= 11 is 0. The minimum atomic E-state index is -0.883. The molecule has 0 radical (unpaired) electrons. The topological polar surface area (TPSA) is 87.9 Å². The van der Waals surface area contributed by atoms with Crippen LogP contribution in [-0.2, 0) is 11.2 Å². The van der Waals surface area contributed by atoms with Gasteiger partial charge in [0.1, 0.15) is 17.3 Å². The number of halogens is 1. The number of nitrogens with zero attached hydrogens (tertiary/aromatic N) is 4. The highest BCUT2D eigenvalue weighted by molar-refractivity contribution is 6.02. The van der Waals surface area contributed by atoms with E-state index in [4.69, 9.17) is 9.84 Å². The Kier molecular flexibility index (Phi) is 7.36. The van der Waals surface area contributed by atoms with E-state index in [1.165, 1.54) is 6.07 Å². The van der Waals surface area contributed by atoms with Crippen LogP contribution < -0.4 is 9.75 Å². The third-order valence-corrected chi connectivity index (χ3v) is 7.14. The Morgan fingerprint density at radius 2 is 1.79 bits per heavy atom. The number of aliphatic carboxylic acids is 1. The summed E-state index contributed by atoms with van der Waals surface area (Å²) in [6.45, 7) is 3.98. The molecule has 3 aromatic carbocycles. The molecule has 0 spiro atoms. The van der Waals surface area contributed by atoms with Gasteiger partial charge in [0.2, 0.25) is 0 Å². The number of benzene rings is 3. The van der Waals surface area contributed by atoms with E-state index in [9.17, 15) is 14.3 Å². The number of hydrogen-bond acceptors (Lipinski definition) is 6. The molecule has 198 valence electrons. The molecule has 2 atom stereocenters. The highest BCUT2D eigenvalue weighted by atomic mass is 19.1. The van der Waals surface area contributed by atoms with Gasteiger partial charge in [-0.25, -0.2) is 14.4 Å². The van der Waals surface area contributed by atoms with E-state index in [0.717, 1.165) is 27.9 Å². The van der Waals surface area contributed by atoms with Gasteiger partial charge in [-0.3, -0.25) is 9.80 Å². The Labute approximate surface area is 226 Å². The van der Waals surface area contributed by atoms with Gasteiger partial charge < -0.3 is 9.84 Å². The van der Waals surface area contributed by atoms with Gasteiger partial charge in [0.15, 0.2) is 5.82 Å². The van der Waals surface area contributed by atoms with E-state index >= 15 is 0 Å². The molecule has 39 heavy (non-hydrogen) atoms. The van der Waals surface area contributed by atoms with Crippen LogP contribution in [0, 0.1) is 18.7 Å². The summed E-state index contributed by atoms with van der Waals surface area (Å²) in [6.07, 6.45) is 3.96. The summed E-state index contributed by atoms with van der Waals surface area (Å²) in [7, 11) is 1.57. The molecule has 0 bridgehead atoms. The van der Waals surface area contributed by atoms with Crippen molar-refractivity contribution in [2.24, 2.45) is 11.0 Å². The van der Waals surface area contributed by atoms with Gasteiger partial charge in [-0.2, -0.15) is 5.10 Å². The molecular formula is C31H29FN4O3. The molecule has 0 amide bonds. The van der Waals surface area contributed by atoms with Gasteiger partial charge in [0.25, 0.3) is 0 Å². The maximum Gasteiger partial charge on any atom is 0.305 e. The Morgan fingerprint density at radius 1 is 1.05 bits per heavy atom. The molecule has 0 saturated heterocycles. The van der Waals surface area contributed by atoms with Gasteiger partial charge in [-0.05, 0) is 72.0 Å². The number of carbonyl (C=O) groups is 1. The third kappa shape index (κ3) is 5.50. The number of anilines is 1. The van der Waals surface area contributed by atoms with Crippen LogP contribution in [0.2, 0.25) is 0 Å². The Balaban J connectivity index is 1.37. The summed E-state index contributed by atoms with van der Waals surface area (Å²) in [5.74, 6) is -0.211. The molecule has 4 aromatic rings. The predicted molar refractivity (Wildman–Crippen MR) is 149 cm³/mol. The number of rotatable bonds is 8. The van der Waals surface area contributed by atoms with Crippen LogP contribution in [-0.4, -0.2) is 39.9 Å². The number of methoxy groups -OCH3 is 1. The van der Waals surface area contributed by atoms with Gasteiger partial charge in [-0.15, -0.1) is 0 Å². The molecule has 7 nitrogen and oxygen atoms in total. The lowest BCUT2D eigenvalue weighted by atomic mass is 9.94. The van der Waals surface area contributed by atoms with Crippen LogP contribution in [0.3, 0.4) is 0 Å². The van der Waals surface area contributed by atoms with Crippen LogP contribution >= 0.6 is 0 Å². The fraction of sp³-hybridized carbons (Fsp3) is 0.226. The van der Waals surface area contributed by atoms with Crippen molar-refractivity contribution in [3.05, 3.63) is 107 Å². The normalized spacial score (nSPS) is 16.7. The van der Waals surface area contributed by atoms with Crippen molar-refractivity contribution in [3.63, 3.8) is 0 Å². The fourth-order valence-electron chi connectivity index (χ4n) is 4.95. The summed E-state index contributed by atoms with van der Waals surface area (Å²) in [4.78, 5) is 20.3. The van der Waals surface area contributed by atoms with Crippen molar-refractivity contribution in [3.8, 4) is 16.9 Å². The average molecular weight is 525 g/mol. The monoisotopic (exact) mass is 524 g/mol. The lowest BCUT2D eigenvalue weighted by Crippen LogP contribution is -2.34. The molecule has 1 aromatic heterocycles. The highest BCUT2D eigenvalue weighted by Crippen LogP contribution is 2.33. The second kappa shape index (κ2) is 11.0. The molecule has 2 unspecified atom stereocenters. The van der Waals surface area contributed by atoms with Crippen molar-refractivity contribution in [1.29, 1.82) is 0 Å². The molecule has 0 saturated carbocycles. The number of carboxylic acids is 1. The van der Waals surface area contributed by atoms with Crippen LogP contribution in [0.25, 0.3) is 11.1 Å². The predicted octanol–water partition coefficient (Wildman–Crippen LogP) is 5.89. The number of hydrogen-bond donors (Lipinski definition) is 1. The van der Waals surface area contributed by atoms with E-state index < -0.39 is 5.97 Å². The summed E-state index contributed by atoms with van der Waals surface area (Å²) < 4.78 is 19.7. The average Bonchev–Trinajstić information content (AvgIpc) is 3.26. The summed E-state index contributed by atoms with van der Waals surface area (Å²) in [5.41, 5.74) is 6.08. The first-order valence-corrected chi connectivity index (χ1v) is 12.7. The van der Waals surface area contributed by atoms with E-state index in [1.54, 1.807) is 42.7 Å². The quantitative estimate of drug-likeness (QED) is 0.309. The molecule has 2 heterocycles. The number of hydrazone groups is 1. The maximum absolute atomic E-state index is 14.5. The number of aryl methyl sites for hydroxylation is 1. The van der Waals surface area contributed by atoms with Gasteiger partial charge in [0.05, 0.1) is 25.3 Å². The highest BCUT2D eigenvalue weighted by Gasteiger charge is 2.38. The van der Waals surface area contributed by atoms with Crippen molar-refractivity contribution in [2.75, 3.05) is 12.1 Å². The minimum absolute atomic E-state index is 0.0534. The van der Waals surface area contributed by atoms with Gasteiger partial charge in [-0.1, -0.05) is 37.3 Å². The van der Waals surface area contributed by atoms with Crippen LogP contribution in [0.1, 0.15) is 35.9 Å². The third-order valence-electron chi connectivity index (χ3n) is 7.14. The number of carboxylic acid groups (broad SMARTS) is 1. The number of aromatic nitrogens is 2. The summed E-state index contributed by atoms with van der Waals surface area (Å²) in [6, 6.07) is 20.0. The van der Waals surface area contributed by atoms with E-state index in [0.29, 0.717) is 29.3 Å². The van der Waals surface area contributed by atoms with Crippen LogP contribution in [0.5, 0.6) is 5.75 Å². The molecule has 1 aliphatic heterocycles. The zero-order chi connectivity index (χ0) is 27.5. The maximum atomic E-state index is 14.5. The van der Waals surface area contributed by atoms with Gasteiger partial charge in [0, 0.05) is 23.9 Å². The van der Waals surface area contributed by atoms with Crippen molar-refractivity contribution in [1.82, 2.24) is 9.97 Å². The molecule has 0 fully saturated rings. The van der Waals surface area contributed by atoms with Crippen molar-refractivity contribution in [2.45, 2.75) is 32.7 Å². The lowest BCUT2D eigenvalue weighted by molar-refractivity contribution is -0.137. The molecular weight excluding hydrogens is 495 g/mol. The molecule has 0 aliphatic carbocycles. The molecule has 8 heteroatoms. The SMILES string of the molecule is COc1ccc(F)c(-c2ccc(Cc3ccc(N4N=C(c5ncccn5)C(C)C4CC(=O)O)cc3)c(C)c2)c1. The molecule has 5 rings (SSSR count). The zero-order valence-electron chi connectivity index (χ0n) is 22.0. The Morgan fingerprint density at radius 3 is 2.46 bits per heavy atom. The Hall–Kier alpha value is -4.59. The molecule has 1 N–H and O–H groups in total. The van der Waals surface area contributed by atoms with Crippen molar-refractivity contribution < 1.29 is 19.0 Å². The zero-order valence-corrected chi connectivity index (χ0v) is 22.0. The van der Waals surface area contributed by atoms with Crippen LogP contribution in [0.15, 0.2) is 84.2 Å². The van der Waals surface area contributed by atoms with E-state index in [-0.39, 0.29) is 24.2 Å².